The third-order valence-electron chi connectivity index (χ3n) is 4.31. The molecule has 0 saturated carbocycles. The van der Waals surface area contributed by atoms with Crippen molar-refractivity contribution in [2.45, 2.75) is 50.3 Å². The van der Waals surface area contributed by atoms with Crippen LogP contribution < -0.4 is 5.32 Å². The lowest BCUT2D eigenvalue weighted by Crippen LogP contribution is -2.59. The number of hydrogen-bond acceptors (Lipinski definition) is 4. The molecular formula is C17H22N2O3S. The minimum atomic E-state index is -0.532. The maximum Gasteiger partial charge on any atom is 0.408 e. The molecule has 124 valence electrons. The van der Waals surface area contributed by atoms with Gasteiger partial charge < -0.3 is 15.0 Å². The van der Waals surface area contributed by atoms with Crippen molar-refractivity contribution in [3.05, 3.63) is 35.9 Å². The Morgan fingerprint density at radius 2 is 2.09 bits per heavy atom. The molecule has 0 aromatic heterocycles. The van der Waals surface area contributed by atoms with Gasteiger partial charge in [0.15, 0.2) is 0 Å². The number of carbonyl (C=O) groups excluding carboxylic acids is 2. The molecule has 2 saturated heterocycles. The third-order valence-corrected chi connectivity index (χ3v) is 6.02. The Morgan fingerprint density at radius 1 is 1.35 bits per heavy atom. The zero-order chi connectivity index (χ0) is 16.4. The number of ether oxygens (including phenoxy) is 1. The van der Waals surface area contributed by atoms with Crippen molar-refractivity contribution in [3.8, 4) is 0 Å². The van der Waals surface area contributed by atoms with Gasteiger partial charge in [0.05, 0.1) is 5.37 Å². The van der Waals surface area contributed by atoms with Gasteiger partial charge in [-0.05, 0) is 32.3 Å². The highest BCUT2D eigenvalue weighted by Crippen LogP contribution is 2.41. The summed E-state index contributed by atoms with van der Waals surface area (Å²) in [5.41, 5.74) is 0.774. The van der Waals surface area contributed by atoms with Crippen LogP contribution in [0, 0.1) is 0 Å². The molecule has 1 aromatic rings. The molecule has 1 N–H and O–H groups in total. The number of nitrogens with one attached hydrogen (secondary N) is 1. The Morgan fingerprint density at radius 3 is 2.83 bits per heavy atom. The Kier molecular flexibility index (Phi) is 4.53. The molecule has 2 amide bonds. The zero-order valence-electron chi connectivity index (χ0n) is 13.5. The summed E-state index contributed by atoms with van der Waals surface area (Å²) in [4.78, 5) is 26.6. The van der Waals surface area contributed by atoms with E-state index < -0.39 is 12.1 Å². The number of carbonyl (C=O) groups is 2. The van der Waals surface area contributed by atoms with Crippen molar-refractivity contribution >= 4 is 23.8 Å². The van der Waals surface area contributed by atoms with Crippen LogP contribution in [0.1, 0.15) is 32.3 Å². The quantitative estimate of drug-likeness (QED) is 0.923. The van der Waals surface area contributed by atoms with Crippen molar-refractivity contribution in [2.75, 3.05) is 5.75 Å². The van der Waals surface area contributed by atoms with Crippen molar-refractivity contribution in [2.24, 2.45) is 0 Å². The first-order chi connectivity index (χ1) is 11.0. The molecule has 0 spiro atoms. The molecule has 0 bridgehead atoms. The van der Waals surface area contributed by atoms with Gasteiger partial charge >= 0.3 is 6.09 Å². The van der Waals surface area contributed by atoms with Crippen LogP contribution in [0.25, 0.3) is 0 Å². The zero-order valence-corrected chi connectivity index (χ0v) is 14.3. The molecule has 23 heavy (non-hydrogen) atoms. The molecule has 0 radical (unpaired) electrons. The fourth-order valence-electron chi connectivity index (χ4n) is 3.13. The summed E-state index contributed by atoms with van der Waals surface area (Å²) >= 11 is 1.83. The van der Waals surface area contributed by atoms with E-state index in [-0.39, 0.29) is 23.4 Å². The van der Waals surface area contributed by atoms with Crippen LogP contribution in [-0.4, -0.2) is 39.6 Å². The second-order valence-corrected chi connectivity index (χ2v) is 7.79. The number of alkyl carbamates (subject to hydrolysis) is 1. The standard InChI is InChI=1S/C17H22N2O3S/c1-17(2)11-23-14-9-8-13(15(20)19(14)17)18-16(21)22-10-12-6-4-3-5-7-12/h3-7,13-14H,8-11H2,1-2H3,(H,18,21). The monoisotopic (exact) mass is 334 g/mol. The van der Waals surface area contributed by atoms with Crippen LogP contribution in [0.3, 0.4) is 0 Å². The number of piperidine rings is 1. The van der Waals surface area contributed by atoms with Gasteiger partial charge in [-0.15, -0.1) is 11.8 Å². The first kappa shape index (κ1) is 16.2. The molecule has 2 aliphatic heterocycles. The van der Waals surface area contributed by atoms with E-state index in [1.165, 1.54) is 0 Å². The van der Waals surface area contributed by atoms with E-state index in [4.69, 9.17) is 4.74 Å². The molecule has 3 rings (SSSR count). The summed E-state index contributed by atoms with van der Waals surface area (Å²) < 4.78 is 5.22. The van der Waals surface area contributed by atoms with E-state index in [1.807, 2.05) is 47.0 Å². The molecule has 1 aromatic carbocycles. The lowest BCUT2D eigenvalue weighted by Gasteiger charge is -2.41. The average molecular weight is 334 g/mol. The normalized spacial score (nSPS) is 25.8. The second-order valence-electron chi connectivity index (χ2n) is 6.62. The van der Waals surface area contributed by atoms with E-state index in [2.05, 4.69) is 19.2 Å². The summed E-state index contributed by atoms with van der Waals surface area (Å²) in [6, 6.07) is 9.02. The predicted molar refractivity (Wildman–Crippen MR) is 90.0 cm³/mol. The minimum absolute atomic E-state index is 0.00733. The SMILES string of the molecule is CC1(C)CSC2CCC(NC(=O)OCc3ccccc3)C(=O)N21. The van der Waals surface area contributed by atoms with Crippen molar-refractivity contribution in [1.82, 2.24) is 10.2 Å². The van der Waals surface area contributed by atoms with Gasteiger partial charge in [0.25, 0.3) is 0 Å². The van der Waals surface area contributed by atoms with Crippen LogP contribution in [0.4, 0.5) is 4.79 Å². The van der Waals surface area contributed by atoms with E-state index in [1.54, 1.807) is 0 Å². The summed E-state index contributed by atoms with van der Waals surface area (Å²) in [6.07, 6.45) is 1.04. The molecule has 2 heterocycles. The van der Waals surface area contributed by atoms with Gasteiger partial charge in [0.2, 0.25) is 5.91 Å². The van der Waals surface area contributed by atoms with Gasteiger partial charge in [0.1, 0.15) is 12.6 Å². The van der Waals surface area contributed by atoms with E-state index in [0.29, 0.717) is 6.42 Å². The lowest BCUT2D eigenvalue weighted by atomic mass is 9.97. The topological polar surface area (TPSA) is 58.6 Å². The largest absolute Gasteiger partial charge is 0.445 e. The third kappa shape index (κ3) is 3.47. The number of thioether (sulfide) groups is 1. The molecule has 2 fully saturated rings. The molecule has 5 nitrogen and oxygen atoms in total. The fraction of sp³-hybridized carbons (Fsp3) is 0.529. The van der Waals surface area contributed by atoms with Crippen molar-refractivity contribution in [1.29, 1.82) is 0 Å². The van der Waals surface area contributed by atoms with E-state index in [0.717, 1.165) is 17.7 Å². The van der Waals surface area contributed by atoms with E-state index >= 15 is 0 Å². The average Bonchev–Trinajstić information content (AvgIpc) is 2.85. The number of rotatable bonds is 3. The predicted octanol–water partition coefficient (Wildman–Crippen LogP) is 2.76. The van der Waals surface area contributed by atoms with Crippen LogP contribution in [-0.2, 0) is 16.1 Å². The number of nitrogens with zero attached hydrogens (tertiary/aromatic N) is 1. The first-order valence-corrected chi connectivity index (χ1v) is 8.94. The molecular weight excluding hydrogens is 312 g/mol. The maximum atomic E-state index is 12.7. The highest BCUT2D eigenvalue weighted by Gasteiger charge is 2.48. The lowest BCUT2D eigenvalue weighted by molar-refractivity contribution is -0.141. The first-order valence-electron chi connectivity index (χ1n) is 7.89. The summed E-state index contributed by atoms with van der Waals surface area (Å²) in [5, 5.41) is 2.97. The molecule has 0 aliphatic carbocycles. The summed E-state index contributed by atoms with van der Waals surface area (Å²) in [7, 11) is 0. The van der Waals surface area contributed by atoms with Gasteiger partial charge in [0, 0.05) is 11.3 Å². The van der Waals surface area contributed by atoms with Gasteiger partial charge in [-0.25, -0.2) is 4.79 Å². The van der Waals surface area contributed by atoms with Gasteiger partial charge in [-0.3, -0.25) is 4.79 Å². The van der Waals surface area contributed by atoms with Gasteiger partial charge in [-0.1, -0.05) is 30.3 Å². The molecule has 2 atom stereocenters. The van der Waals surface area contributed by atoms with Crippen LogP contribution in [0.5, 0.6) is 0 Å². The van der Waals surface area contributed by atoms with Gasteiger partial charge in [-0.2, -0.15) is 0 Å². The number of hydrogen-bond donors (Lipinski definition) is 1. The fourth-order valence-corrected chi connectivity index (χ4v) is 4.71. The maximum absolute atomic E-state index is 12.7. The highest BCUT2D eigenvalue weighted by atomic mass is 32.2. The number of fused-ring (bicyclic) bond motifs is 1. The van der Waals surface area contributed by atoms with Crippen LogP contribution >= 0.6 is 11.8 Å². The highest BCUT2D eigenvalue weighted by molar-refractivity contribution is 8.00. The molecule has 2 aliphatic rings. The van der Waals surface area contributed by atoms with Crippen molar-refractivity contribution < 1.29 is 14.3 Å². The molecule has 2 unspecified atom stereocenters. The van der Waals surface area contributed by atoms with Crippen molar-refractivity contribution in [3.63, 3.8) is 0 Å². The Labute approximate surface area is 140 Å². The smallest absolute Gasteiger partial charge is 0.408 e. The number of amides is 2. The molecule has 6 heteroatoms. The van der Waals surface area contributed by atoms with Crippen LogP contribution in [0.15, 0.2) is 30.3 Å². The summed E-state index contributed by atoms with van der Waals surface area (Å²) in [5.74, 6) is 0.946. The van der Waals surface area contributed by atoms with Crippen LogP contribution in [0.2, 0.25) is 0 Å². The minimum Gasteiger partial charge on any atom is -0.445 e. The Balaban J connectivity index is 1.55. The Hall–Kier alpha value is -1.69. The van der Waals surface area contributed by atoms with E-state index in [9.17, 15) is 9.59 Å². The second kappa shape index (κ2) is 6.43. The summed E-state index contributed by atoms with van der Waals surface area (Å²) in [6.45, 7) is 4.36. The number of benzene rings is 1. The Bertz CT molecular complexity index is 591.